The fourth-order valence-electron chi connectivity index (χ4n) is 13.0. The predicted octanol–water partition coefficient (Wildman–Crippen LogP) is 6.80. The Labute approximate surface area is 393 Å². The third-order valence-electron chi connectivity index (χ3n) is 16.0. The highest BCUT2D eigenvalue weighted by Gasteiger charge is 2.75. The molecule has 2 N–H and O–H groups in total. The highest BCUT2D eigenvalue weighted by Crippen LogP contribution is 2.66. The fourth-order valence-corrected chi connectivity index (χ4v) is 13.3. The Morgan fingerprint density at radius 2 is 1.56 bits per heavy atom. The number of amides is 6. The van der Waals surface area contributed by atoms with Crippen LogP contribution in [0, 0.1) is 29.5 Å². The van der Waals surface area contributed by atoms with Gasteiger partial charge in [-0.3, -0.25) is 39.0 Å². The fraction of sp³-hybridized carbons (Fsp3) is 0.490. The van der Waals surface area contributed by atoms with Crippen LogP contribution in [-0.4, -0.2) is 105 Å². The van der Waals surface area contributed by atoms with Gasteiger partial charge in [0.2, 0.25) is 29.5 Å². The molecule has 1 aliphatic carbocycles. The van der Waals surface area contributed by atoms with Gasteiger partial charge in [-0.15, -0.1) is 0 Å². The average Bonchev–Trinajstić information content (AvgIpc) is 3.90. The Bertz CT molecular complexity index is 2610. The summed E-state index contributed by atoms with van der Waals surface area (Å²) in [5.41, 5.74) is 1.52. The van der Waals surface area contributed by atoms with Crippen LogP contribution < -0.4 is 10.6 Å². The molecule has 3 aromatic carbocycles. The number of imide groups is 1. The molecule has 6 heterocycles. The van der Waals surface area contributed by atoms with Crippen molar-refractivity contribution in [1.29, 1.82) is 0 Å². The lowest BCUT2D eigenvalue weighted by atomic mass is 9.55. The van der Waals surface area contributed by atoms with Gasteiger partial charge in [0, 0.05) is 84.3 Å². The van der Waals surface area contributed by atoms with Gasteiger partial charge in [-0.1, -0.05) is 85.5 Å². The Morgan fingerprint density at radius 3 is 2.29 bits per heavy atom. The molecule has 10 rings (SSSR count). The second-order valence-electron chi connectivity index (χ2n) is 19.1. The molecule has 6 aliphatic heterocycles. The Kier molecular flexibility index (Phi) is 11.8. The van der Waals surface area contributed by atoms with Crippen LogP contribution in [0.15, 0.2) is 54.6 Å². The molecule has 0 radical (unpaired) electrons. The van der Waals surface area contributed by atoms with Crippen molar-refractivity contribution in [3.8, 4) is 11.8 Å². The number of benzene rings is 3. The number of rotatable bonds is 5. The molecule has 66 heavy (non-hydrogen) atoms. The summed E-state index contributed by atoms with van der Waals surface area (Å²) in [7, 11) is 0. The molecule has 0 aromatic heterocycles. The van der Waals surface area contributed by atoms with E-state index in [1.165, 1.54) is 11.0 Å². The van der Waals surface area contributed by atoms with Gasteiger partial charge in [-0.05, 0) is 98.5 Å². The molecule has 1 saturated carbocycles. The van der Waals surface area contributed by atoms with Crippen LogP contribution >= 0.6 is 23.2 Å². The number of halogens is 3. The Morgan fingerprint density at radius 1 is 0.848 bits per heavy atom. The zero-order valence-corrected chi connectivity index (χ0v) is 38.5. The van der Waals surface area contributed by atoms with Gasteiger partial charge in [0.25, 0.3) is 5.91 Å². The average molecular weight is 936 g/mol. The van der Waals surface area contributed by atoms with Crippen molar-refractivity contribution in [2.24, 2.45) is 11.8 Å². The lowest BCUT2D eigenvalue weighted by Crippen LogP contribution is -2.61. The van der Waals surface area contributed by atoms with Gasteiger partial charge >= 0.3 is 0 Å². The molecule has 3 aromatic rings. The largest absolute Gasteiger partial charge is 0.342 e. The van der Waals surface area contributed by atoms with Crippen LogP contribution in [0.1, 0.15) is 116 Å². The maximum atomic E-state index is 16.6. The molecule has 2 spiro atoms. The van der Waals surface area contributed by atoms with E-state index in [2.05, 4.69) is 27.4 Å². The van der Waals surface area contributed by atoms with Crippen molar-refractivity contribution in [2.45, 2.75) is 113 Å². The summed E-state index contributed by atoms with van der Waals surface area (Å²) < 4.78 is 16.6. The SMILES string of the molecule is CCN1[C@@H](C(=O)N2CCC(C(=O)N3CCC(C#Cc4cccc5c4CN(C4CCC(=O)NC4=O)C5=O)CC3)CC2)[C@H](c2cccc(Cl)c2F)[C@]2(C(=O)Nc3cc(Cl)ccc32)C12CCCCC2. The van der Waals surface area contributed by atoms with E-state index in [9.17, 15) is 19.2 Å². The molecule has 7 aliphatic rings. The van der Waals surface area contributed by atoms with Crippen LogP contribution in [0.4, 0.5) is 10.1 Å². The molecule has 6 amide bonds. The second kappa shape index (κ2) is 17.4. The van der Waals surface area contributed by atoms with Crippen molar-refractivity contribution in [2.75, 3.05) is 38.0 Å². The maximum Gasteiger partial charge on any atom is 0.255 e. The summed E-state index contributed by atoms with van der Waals surface area (Å²) in [5, 5.41) is 5.89. The van der Waals surface area contributed by atoms with Crippen molar-refractivity contribution >= 4 is 64.3 Å². The van der Waals surface area contributed by atoms with E-state index >= 15 is 14.0 Å². The third-order valence-corrected chi connectivity index (χ3v) is 16.5. The Balaban J connectivity index is 0.837. The molecule has 15 heteroatoms. The number of nitrogens with one attached hydrogen (secondary N) is 2. The standard InChI is InChI=1S/C51H53Cl2FN6O6/c1-2-60-44(42(35-10-7-11-38(53)43(35)54)51(50(60)22-4-3-5-23-50)37-15-14-33(52)28-39(37)55-49(51)66)48(65)58-26-20-32(21-27-58)46(63)57-24-18-30(19-25-57)12-13-31-8-6-9-34-36(31)29-59(47(34)64)40-16-17-41(61)56-45(40)62/h6-11,14-15,28,30,32,40,42,44H,2-5,16-27,29H2,1H3,(H,55,66)(H,56,61,62)/t40?,42-,44+,51+/m0/s1. The first-order valence-corrected chi connectivity index (χ1v) is 24.3. The number of anilines is 1. The molecule has 1 unspecified atom stereocenters. The summed E-state index contributed by atoms with van der Waals surface area (Å²) in [5.74, 6) is 3.64. The molecule has 0 bridgehead atoms. The second-order valence-corrected chi connectivity index (χ2v) is 19.9. The quantitative estimate of drug-likeness (QED) is 0.212. The minimum atomic E-state index is -1.31. The van der Waals surface area contributed by atoms with Crippen molar-refractivity contribution in [1.82, 2.24) is 24.9 Å². The minimum Gasteiger partial charge on any atom is -0.342 e. The number of nitrogens with zero attached hydrogens (tertiary/aromatic N) is 4. The number of likely N-dealkylation sites (N-methyl/N-ethyl adjacent to an activating group) is 1. The van der Waals surface area contributed by atoms with E-state index < -0.39 is 40.7 Å². The van der Waals surface area contributed by atoms with E-state index in [1.807, 2.05) is 28.9 Å². The number of hydrogen-bond donors (Lipinski definition) is 2. The lowest BCUT2D eigenvalue weighted by molar-refractivity contribution is -0.144. The van der Waals surface area contributed by atoms with Gasteiger partial charge in [0.05, 0.1) is 11.1 Å². The number of carbonyl (C=O) groups excluding carboxylic acids is 6. The first kappa shape index (κ1) is 44.5. The molecular weight excluding hydrogens is 883 g/mol. The summed E-state index contributed by atoms with van der Waals surface area (Å²) in [6.45, 7) is 4.59. The zero-order chi connectivity index (χ0) is 46.1. The van der Waals surface area contributed by atoms with E-state index in [0.717, 1.165) is 36.0 Å². The molecule has 4 atom stereocenters. The lowest BCUT2D eigenvalue weighted by Gasteiger charge is -2.50. The number of carbonyl (C=O) groups is 6. The topological polar surface area (TPSA) is 139 Å². The van der Waals surface area contributed by atoms with E-state index in [1.54, 1.807) is 36.4 Å². The van der Waals surface area contributed by atoms with Crippen LogP contribution in [0.3, 0.4) is 0 Å². The van der Waals surface area contributed by atoms with Crippen LogP contribution in [-0.2, 0) is 35.9 Å². The number of fused-ring (bicyclic) bond motifs is 4. The smallest absolute Gasteiger partial charge is 0.255 e. The van der Waals surface area contributed by atoms with Gasteiger partial charge < -0.3 is 20.0 Å². The van der Waals surface area contributed by atoms with Crippen molar-refractivity contribution < 1.29 is 33.2 Å². The summed E-state index contributed by atoms with van der Waals surface area (Å²) in [4.78, 5) is 89.6. The van der Waals surface area contributed by atoms with Crippen molar-refractivity contribution in [3.05, 3.63) is 98.3 Å². The maximum absolute atomic E-state index is 16.6. The molecule has 4 saturated heterocycles. The Hall–Kier alpha value is -5.29. The zero-order valence-electron chi connectivity index (χ0n) is 37.0. The number of hydrogen-bond acceptors (Lipinski definition) is 7. The highest BCUT2D eigenvalue weighted by molar-refractivity contribution is 6.31. The third kappa shape index (κ3) is 7.04. The summed E-state index contributed by atoms with van der Waals surface area (Å²) >= 11 is 13.0. The number of likely N-dealkylation sites (tertiary alicyclic amines) is 3. The van der Waals surface area contributed by atoms with Crippen LogP contribution in [0.25, 0.3) is 0 Å². The highest BCUT2D eigenvalue weighted by atomic mass is 35.5. The first-order chi connectivity index (χ1) is 31.9. The molecule has 5 fully saturated rings. The molecule has 344 valence electrons. The van der Waals surface area contributed by atoms with E-state index in [0.29, 0.717) is 93.9 Å². The monoisotopic (exact) mass is 934 g/mol. The normalized spacial score (nSPS) is 26.6. The van der Waals surface area contributed by atoms with Gasteiger partial charge in [-0.2, -0.15) is 0 Å². The van der Waals surface area contributed by atoms with Gasteiger partial charge in [0.15, 0.2) is 0 Å². The van der Waals surface area contributed by atoms with E-state index in [-0.39, 0.29) is 64.9 Å². The van der Waals surface area contributed by atoms with Gasteiger partial charge in [-0.25, -0.2) is 4.39 Å². The van der Waals surface area contributed by atoms with Crippen LogP contribution in [0.5, 0.6) is 0 Å². The van der Waals surface area contributed by atoms with Crippen LogP contribution in [0.2, 0.25) is 10.0 Å². The molecule has 12 nitrogen and oxygen atoms in total. The minimum absolute atomic E-state index is 0.0552. The predicted molar refractivity (Wildman–Crippen MR) is 246 cm³/mol. The van der Waals surface area contributed by atoms with Gasteiger partial charge in [0.1, 0.15) is 17.3 Å². The van der Waals surface area contributed by atoms with E-state index in [4.69, 9.17) is 23.2 Å². The molecular formula is C51H53Cl2FN6O6. The van der Waals surface area contributed by atoms with Crippen molar-refractivity contribution in [3.63, 3.8) is 0 Å². The number of piperidine rings is 3. The summed E-state index contributed by atoms with van der Waals surface area (Å²) in [6, 6.07) is 14.1. The first-order valence-electron chi connectivity index (χ1n) is 23.6. The summed E-state index contributed by atoms with van der Waals surface area (Å²) in [6.07, 6.45) is 6.92.